The summed E-state index contributed by atoms with van der Waals surface area (Å²) >= 11 is 1.86. The van der Waals surface area contributed by atoms with Gasteiger partial charge in [0.1, 0.15) is 0 Å². The van der Waals surface area contributed by atoms with E-state index >= 15 is 0 Å². The first-order chi connectivity index (χ1) is 10.1. The quantitative estimate of drug-likeness (QED) is 0.521. The maximum atomic E-state index is 5.75. The number of hydrogen-bond donors (Lipinski definition) is 0. The van der Waals surface area contributed by atoms with Gasteiger partial charge >= 0.3 is 0 Å². The van der Waals surface area contributed by atoms with Crippen LogP contribution in [0.1, 0.15) is 19.4 Å². The first-order valence-electron chi connectivity index (χ1n) is 7.78. The molecule has 0 aromatic heterocycles. The number of rotatable bonds is 7. The number of halogens is 1. The van der Waals surface area contributed by atoms with Crippen LogP contribution in [-0.2, 0) is 9.47 Å². The van der Waals surface area contributed by atoms with Crippen LogP contribution in [0.25, 0.3) is 0 Å². The van der Waals surface area contributed by atoms with Gasteiger partial charge in [-0.15, -0.1) is 11.8 Å². The van der Waals surface area contributed by atoms with E-state index < -0.39 is 0 Å². The molecule has 3 nitrogen and oxygen atoms in total. The molecule has 0 saturated carbocycles. The van der Waals surface area contributed by atoms with E-state index in [0.29, 0.717) is 12.2 Å². The van der Waals surface area contributed by atoms with Crippen molar-refractivity contribution in [3.63, 3.8) is 0 Å². The molecule has 1 aromatic carbocycles. The molecule has 1 aliphatic heterocycles. The largest absolute Gasteiger partial charge is 1.00 e. The monoisotopic (exact) mass is 344 g/mol. The Morgan fingerprint density at radius 2 is 1.77 bits per heavy atom. The van der Waals surface area contributed by atoms with Crippen molar-refractivity contribution in [2.75, 3.05) is 38.6 Å². The van der Waals surface area contributed by atoms with Crippen LogP contribution >= 0.6 is 11.8 Å². The second-order valence-corrected chi connectivity index (χ2v) is 6.96. The summed E-state index contributed by atoms with van der Waals surface area (Å²) in [5, 5.41) is 0. The van der Waals surface area contributed by atoms with Crippen molar-refractivity contribution in [2.24, 2.45) is 0 Å². The van der Waals surface area contributed by atoms with Crippen LogP contribution in [-0.4, -0.2) is 55.7 Å². The van der Waals surface area contributed by atoms with Gasteiger partial charge in [-0.3, -0.25) is 4.90 Å². The van der Waals surface area contributed by atoms with E-state index in [1.165, 1.54) is 10.5 Å². The van der Waals surface area contributed by atoms with E-state index in [1.54, 1.807) is 0 Å². The Morgan fingerprint density at radius 3 is 2.41 bits per heavy atom. The van der Waals surface area contributed by atoms with Crippen LogP contribution in [0.15, 0.2) is 29.2 Å². The topological polar surface area (TPSA) is 21.7 Å². The highest BCUT2D eigenvalue weighted by Gasteiger charge is 2.21. The molecule has 1 saturated heterocycles. The Kier molecular flexibility index (Phi) is 9.45. The van der Waals surface area contributed by atoms with Crippen LogP contribution in [0.4, 0.5) is 0 Å². The van der Waals surface area contributed by atoms with Crippen LogP contribution in [0.5, 0.6) is 0 Å². The molecule has 1 heterocycles. The summed E-state index contributed by atoms with van der Waals surface area (Å²) in [4.78, 5) is 3.76. The van der Waals surface area contributed by atoms with Crippen molar-refractivity contribution in [3.05, 3.63) is 29.8 Å². The first kappa shape index (κ1) is 19.8. The van der Waals surface area contributed by atoms with Gasteiger partial charge in [0.15, 0.2) is 0 Å². The molecule has 2 atom stereocenters. The summed E-state index contributed by atoms with van der Waals surface area (Å²) in [6, 6.07) is 8.67. The van der Waals surface area contributed by atoms with Crippen molar-refractivity contribution in [3.8, 4) is 0 Å². The van der Waals surface area contributed by atoms with E-state index in [-0.39, 0.29) is 12.4 Å². The molecule has 0 amide bonds. The average molecular weight is 345 g/mol. The molecular weight excluding hydrogens is 318 g/mol. The minimum Gasteiger partial charge on any atom is -1.00 e. The zero-order valence-electron chi connectivity index (χ0n) is 13.8. The highest BCUT2D eigenvalue weighted by atomic mass is 35.5. The molecule has 1 aromatic rings. The fraction of sp³-hybridized carbons (Fsp3) is 0.647. The number of aryl methyl sites for hydroxylation is 1. The third kappa shape index (κ3) is 7.34. The molecule has 2 unspecified atom stereocenters. The first-order valence-corrected chi connectivity index (χ1v) is 8.77. The van der Waals surface area contributed by atoms with E-state index in [2.05, 4.69) is 49.9 Å². The van der Waals surface area contributed by atoms with Gasteiger partial charge in [0.2, 0.25) is 0 Å². The summed E-state index contributed by atoms with van der Waals surface area (Å²) in [5.41, 5.74) is 1.31. The number of ether oxygens (including phenoxy) is 2. The van der Waals surface area contributed by atoms with Crippen LogP contribution in [0, 0.1) is 6.92 Å². The molecule has 0 radical (unpaired) electrons. The van der Waals surface area contributed by atoms with Crippen LogP contribution in [0.2, 0.25) is 0 Å². The highest BCUT2D eigenvalue weighted by Crippen LogP contribution is 2.17. The number of thioether (sulfide) groups is 1. The maximum Gasteiger partial charge on any atom is 0.0678 e. The zero-order valence-corrected chi connectivity index (χ0v) is 15.3. The number of nitrogens with zero attached hydrogens (tertiary/aromatic N) is 1. The van der Waals surface area contributed by atoms with Gasteiger partial charge in [-0.05, 0) is 32.9 Å². The van der Waals surface area contributed by atoms with Crippen molar-refractivity contribution in [1.29, 1.82) is 0 Å². The van der Waals surface area contributed by atoms with Gasteiger partial charge in [-0.25, -0.2) is 0 Å². The van der Waals surface area contributed by atoms with E-state index in [0.717, 1.165) is 38.6 Å². The fourth-order valence-electron chi connectivity index (χ4n) is 2.62. The molecule has 0 aliphatic carbocycles. The Hall–Kier alpha value is -0.260. The van der Waals surface area contributed by atoms with E-state index in [9.17, 15) is 0 Å². The van der Waals surface area contributed by atoms with Crippen molar-refractivity contribution in [1.82, 2.24) is 4.90 Å². The molecule has 5 heteroatoms. The summed E-state index contributed by atoms with van der Waals surface area (Å²) in [6.45, 7) is 11.1. The second-order valence-electron chi connectivity index (χ2n) is 5.79. The van der Waals surface area contributed by atoms with E-state index in [4.69, 9.17) is 9.47 Å². The van der Waals surface area contributed by atoms with Crippen LogP contribution < -0.4 is 12.4 Å². The molecule has 1 fully saturated rings. The Labute approximate surface area is 145 Å². The van der Waals surface area contributed by atoms with Gasteiger partial charge in [-0.2, -0.15) is 0 Å². The Balaban J connectivity index is 0.00000242. The molecule has 22 heavy (non-hydrogen) atoms. The standard InChI is InChI=1S/C17H27NO2S.ClH/c1-14-4-6-17(7-5-14)21-11-10-19-9-8-18-12-15(2)20-16(3)13-18;/h4-7,15-16H,8-13H2,1-3H3;1H/p-1. The molecule has 1 aliphatic rings. The molecular formula is C17H27ClNO2S-. The molecule has 0 spiro atoms. The van der Waals surface area contributed by atoms with E-state index in [1.807, 2.05) is 11.8 Å². The van der Waals surface area contributed by atoms with Crippen molar-refractivity contribution in [2.45, 2.75) is 37.9 Å². The zero-order chi connectivity index (χ0) is 15.1. The minimum absolute atomic E-state index is 0. The minimum atomic E-state index is 0. The lowest BCUT2D eigenvalue weighted by atomic mass is 10.2. The predicted octanol–water partition coefficient (Wildman–Crippen LogP) is 0.217. The maximum absolute atomic E-state index is 5.75. The van der Waals surface area contributed by atoms with Gasteiger partial charge in [-0.1, -0.05) is 17.7 Å². The normalized spacial score (nSPS) is 22.3. The van der Waals surface area contributed by atoms with Gasteiger partial charge in [0.05, 0.1) is 25.4 Å². The Morgan fingerprint density at radius 1 is 1.14 bits per heavy atom. The van der Waals surface area contributed by atoms with Crippen molar-refractivity contribution >= 4 is 11.8 Å². The predicted molar refractivity (Wildman–Crippen MR) is 89.2 cm³/mol. The van der Waals surface area contributed by atoms with Crippen molar-refractivity contribution < 1.29 is 21.9 Å². The number of hydrogen-bond acceptors (Lipinski definition) is 4. The highest BCUT2D eigenvalue weighted by molar-refractivity contribution is 7.99. The Bertz CT molecular complexity index is 406. The fourth-order valence-corrected chi connectivity index (χ4v) is 3.38. The molecule has 0 bridgehead atoms. The van der Waals surface area contributed by atoms with Crippen LogP contribution in [0.3, 0.4) is 0 Å². The third-order valence-electron chi connectivity index (χ3n) is 3.56. The second kappa shape index (κ2) is 10.5. The van der Waals surface area contributed by atoms with Gasteiger partial charge in [0, 0.05) is 30.3 Å². The lowest BCUT2D eigenvalue weighted by Gasteiger charge is -2.35. The summed E-state index contributed by atoms with van der Waals surface area (Å²) < 4.78 is 11.5. The summed E-state index contributed by atoms with van der Waals surface area (Å²) in [7, 11) is 0. The van der Waals surface area contributed by atoms with Gasteiger partial charge in [0.25, 0.3) is 0 Å². The third-order valence-corrected chi connectivity index (χ3v) is 4.54. The molecule has 126 valence electrons. The number of benzene rings is 1. The summed E-state index contributed by atoms with van der Waals surface area (Å²) in [5.74, 6) is 1.01. The van der Waals surface area contributed by atoms with Gasteiger partial charge < -0.3 is 21.9 Å². The number of morpholine rings is 1. The lowest BCUT2D eigenvalue weighted by molar-refractivity contribution is -0.0726. The smallest absolute Gasteiger partial charge is 0.0678 e. The lowest BCUT2D eigenvalue weighted by Crippen LogP contribution is -3.00. The average Bonchev–Trinajstić information content (AvgIpc) is 2.43. The molecule has 2 rings (SSSR count). The molecule has 0 N–H and O–H groups in total. The summed E-state index contributed by atoms with van der Waals surface area (Å²) in [6.07, 6.45) is 0.677. The SMILES string of the molecule is Cc1ccc(SCCOCCN2CC(C)OC(C)C2)cc1.[Cl-].